The van der Waals surface area contributed by atoms with E-state index in [0.29, 0.717) is 6.61 Å². The highest BCUT2D eigenvalue weighted by Gasteiger charge is 2.23. The molecule has 1 unspecified atom stereocenters. The van der Waals surface area contributed by atoms with Gasteiger partial charge in [0.2, 0.25) is 7.37 Å². The molecule has 0 saturated carbocycles. The van der Waals surface area contributed by atoms with Gasteiger partial charge in [0.25, 0.3) is 0 Å². The SMILES string of the molecule is C#CC(C)(C)COP(C)(=O)c1ccccc1. The van der Waals surface area contributed by atoms with Gasteiger partial charge >= 0.3 is 0 Å². The van der Waals surface area contributed by atoms with E-state index >= 15 is 0 Å². The Morgan fingerprint density at radius 2 is 1.94 bits per heavy atom. The minimum absolute atomic E-state index is 0.298. The molecule has 0 spiro atoms. The number of terminal acetylenes is 1. The third kappa shape index (κ3) is 3.52. The van der Waals surface area contributed by atoms with E-state index in [-0.39, 0.29) is 5.41 Å². The van der Waals surface area contributed by atoms with Gasteiger partial charge in [-0.1, -0.05) is 24.1 Å². The molecule has 0 aromatic heterocycles. The lowest BCUT2D eigenvalue weighted by Gasteiger charge is -2.21. The predicted octanol–water partition coefficient (Wildman–Crippen LogP) is 2.90. The summed E-state index contributed by atoms with van der Waals surface area (Å²) in [6.07, 6.45) is 5.35. The molecular weight excluding hydrogens is 219 g/mol. The molecule has 1 atom stereocenters. The second kappa shape index (κ2) is 4.87. The fourth-order valence-electron chi connectivity index (χ4n) is 1.10. The summed E-state index contributed by atoms with van der Waals surface area (Å²) in [5, 5.41) is 0.725. The minimum atomic E-state index is -2.75. The van der Waals surface area contributed by atoms with Gasteiger partial charge < -0.3 is 4.52 Å². The standard InChI is InChI=1S/C13H17O2P/c1-5-13(2,3)11-15-16(4,14)12-9-7-6-8-10-12/h1,6-10H,11H2,2-4H3. The maximum atomic E-state index is 12.3. The Morgan fingerprint density at radius 3 is 2.44 bits per heavy atom. The summed E-state index contributed by atoms with van der Waals surface area (Å²) in [6, 6.07) is 9.20. The molecule has 0 aliphatic rings. The first kappa shape index (κ1) is 13.0. The Bertz CT molecular complexity index is 429. The highest BCUT2D eigenvalue weighted by Crippen LogP contribution is 2.42. The normalized spacial score (nSPS) is 15.1. The Morgan fingerprint density at radius 1 is 1.38 bits per heavy atom. The molecule has 1 aromatic rings. The molecule has 86 valence electrons. The first-order valence-corrected chi connectivity index (χ1v) is 7.20. The number of benzene rings is 1. The molecule has 0 bridgehead atoms. The van der Waals surface area contributed by atoms with Crippen molar-refractivity contribution in [1.82, 2.24) is 0 Å². The molecule has 16 heavy (non-hydrogen) atoms. The summed E-state index contributed by atoms with van der Waals surface area (Å²) < 4.78 is 17.8. The quantitative estimate of drug-likeness (QED) is 0.593. The van der Waals surface area contributed by atoms with Crippen LogP contribution >= 0.6 is 7.37 Å². The van der Waals surface area contributed by atoms with Crippen LogP contribution in [0, 0.1) is 17.8 Å². The van der Waals surface area contributed by atoms with Crippen molar-refractivity contribution < 1.29 is 9.09 Å². The topological polar surface area (TPSA) is 26.3 Å². The van der Waals surface area contributed by atoms with Gasteiger partial charge in [0, 0.05) is 17.4 Å². The van der Waals surface area contributed by atoms with Crippen molar-refractivity contribution in [2.75, 3.05) is 13.3 Å². The maximum Gasteiger partial charge on any atom is 0.229 e. The van der Waals surface area contributed by atoms with E-state index in [0.717, 1.165) is 5.30 Å². The van der Waals surface area contributed by atoms with Crippen molar-refractivity contribution in [1.29, 1.82) is 0 Å². The van der Waals surface area contributed by atoms with Crippen LogP contribution < -0.4 is 5.30 Å². The number of hydrogen-bond acceptors (Lipinski definition) is 2. The second-order valence-electron chi connectivity index (χ2n) is 4.48. The average Bonchev–Trinajstić information content (AvgIpc) is 2.28. The van der Waals surface area contributed by atoms with Gasteiger partial charge in [0.1, 0.15) is 0 Å². The van der Waals surface area contributed by atoms with Crippen LogP contribution in [0.15, 0.2) is 30.3 Å². The molecule has 3 heteroatoms. The predicted molar refractivity (Wildman–Crippen MR) is 68.2 cm³/mol. The third-order valence-electron chi connectivity index (χ3n) is 2.29. The highest BCUT2D eigenvalue weighted by atomic mass is 31.2. The van der Waals surface area contributed by atoms with Crippen molar-refractivity contribution in [2.24, 2.45) is 5.41 Å². The van der Waals surface area contributed by atoms with Crippen LogP contribution in [0.5, 0.6) is 0 Å². The van der Waals surface area contributed by atoms with E-state index in [1.54, 1.807) is 6.66 Å². The van der Waals surface area contributed by atoms with Crippen LogP contribution in [-0.2, 0) is 9.09 Å². The molecule has 0 saturated heterocycles. The van der Waals surface area contributed by atoms with Crippen LogP contribution in [0.1, 0.15) is 13.8 Å². The Kier molecular flexibility index (Phi) is 3.97. The molecule has 0 N–H and O–H groups in total. The van der Waals surface area contributed by atoms with Crippen molar-refractivity contribution >= 4 is 12.7 Å². The Balaban J connectivity index is 2.75. The largest absolute Gasteiger partial charge is 0.324 e. The van der Waals surface area contributed by atoms with Gasteiger partial charge in [0.15, 0.2) is 0 Å². The summed E-state index contributed by atoms with van der Waals surface area (Å²) >= 11 is 0. The van der Waals surface area contributed by atoms with Crippen molar-refractivity contribution in [2.45, 2.75) is 13.8 Å². The zero-order valence-corrected chi connectivity index (χ0v) is 10.8. The average molecular weight is 236 g/mol. The second-order valence-corrected chi connectivity index (χ2v) is 6.95. The maximum absolute atomic E-state index is 12.3. The molecule has 0 heterocycles. The number of rotatable bonds is 4. The summed E-state index contributed by atoms with van der Waals surface area (Å²) in [5.74, 6) is 2.62. The van der Waals surface area contributed by atoms with E-state index in [9.17, 15) is 4.57 Å². The third-order valence-corrected chi connectivity index (χ3v) is 4.15. The molecule has 0 fully saturated rings. The first-order valence-electron chi connectivity index (χ1n) is 5.13. The first-order chi connectivity index (χ1) is 7.37. The fraction of sp³-hybridized carbons (Fsp3) is 0.385. The summed E-state index contributed by atoms with van der Waals surface area (Å²) in [4.78, 5) is 0. The summed E-state index contributed by atoms with van der Waals surface area (Å²) in [7, 11) is -2.75. The highest BCUT2D eigenvalue weighted by molar-refractivity contribution is 7.66. The van der Waals surface area contributed by atoms with Crippen LogP contribution in [0.3, 0.4) is 0 Å². The number of hydrogen-bond donors (Lipinski definition) is 0. The van der Waals surface area contributed by atoms with Crippen LogP contribution in [0.2, 0.25) is 0 Å². The van der Waals surface area contributed by atoms with E-state index in [4.69, 9.17) is 10.9 Å². The minimum Gasteiger partial charge on any atom is -0.324 e. The zero-order chi connectivity index (χ0) is 12.2. The summed E-state index contributed by atoms with van der Waals surface area (Å²) in [5.41, 5.74) is -0.388. The Hall–Kier alpha value is -1.03. The van der Waals surface area contributed by atoms with Crippen molar-refractivity contribution in [3.05, 3.63) is 30.3 Å². The van der Waals surface area contributed by atoms with Gasteiger partial charge in [0.05, 0.1) is 6.61 Å². The molecule has 2 nitrogen and oxygen atoms in total. The van der Waals surface area contributed by atoms with E-state index in [2.05, 4.69) is 5.92 Å². The molecule has 0 aliphatic heterocycles. The fourth-order valence-corrected chi connectivity index (χ4v) is 2.53. The summed E-state index contributed by atoms with van der Waals surface area (Å²) in [6.45, 7) is 5.69. The molecule has 0 aliphatic carbocycles. The van der Waals surface area contributed by atoms with Crippen molar-refractivity contribution in [3.8, 4) is 12.3 Å². The van der Waals surface area contributed by atoms with Crippen LogP contribution in [0.25, 0.3) is 0 Å². The van der Waals surface area contributed by atoms with E-state index < -0.39 is 7.37 Å². The van der Waals surface area contributed by atoms with Crippen molar-refractivity contribution in [3.63, 3.8) is 0 Å². The van der Waals surface area contributed by atoms with Gasteiger partial charge in [-0.2, -0.15) is 0 Å². The monoisotopic (exact) mass is 236 g/mol. The Labute approximate surface area is 97.5 Å². The molecule has 0 amide bonds. The molecule has 1 aromatic carbocycles. The van der Waals surface area contributed by atoms with Crippen LogP contribution in [0.4, 0.5) is 0 Å². The van der Waals surface area contributed by atoms with Gasteiger partial charge in [-0.25, -0.2) is 0 Å². The van der Waals surface area contributed by atoms with Gasteiger partial charge in [-0.15, -0.1) is 6.42 Å². The van der Waals surface area contributed by atoms with E-state index in [1.165, 1.54) is 0 Å². The van der Waals surface area contributed by atoms with Crippen LogP contribution in [-0.4, -0.2) is 13.3 Å². The smallest absolute Gasteiger partial charge is 0.229 e. The lowest BCUT2D eigenvalue weighted by Crippen LogP contribution is -2.18. The molecule has 1 rings (SSSR count). The lowest BCUT2D eigenvalue weighted by molar-refractivity contribution is 0.236. The molecular formula is C13H17O2P. The van der Waals surface area contributed by atoms with Gasteiger partial charge in [-0.3, -0.25) is 4.57 Å². The van der Waals surface area contributed by atoms with E-state index in [1.807, 2.05) is 44.2 Å². The van der Waals surface area contributed by atoms with Gasteiger partial charge in [-0.05, 0) is 26.0 Å². The zero-order valence-electron chi connectivity index (χ0n) is 9.93. The lowest BCUT2D eigenvalue weighted by atomic mass is 9.97. The molecule has 0 radical (unpaired) electrons.